The van der Waals surface area contributed by atoms with Gasteiger partial charge in [0, 0.05) is 22.6 Å². The van der Waals surface area contributed by atoms with Crippen molar-refractivity contribution in [2.24, 2.45) is 0 Å². The molecule has 0 saturated heterocycles. The second-order valence-corrected chi connectivity index (χ2v) is 6.56. The molecule has 152 valence electrons. The number of benzene rings is 3. The second-order valence-electron chi connectivity index (χ2n) is 6.56. The number of anilines is 3. The number of ether oxygens (including phenoxy) is 1. The van der Waals surface area contributed by atoms with E-state index in [4.69, 9.17) is 0 Å². The molecule has 3 amide bonds. The van der Waals surface area contributed by atoms with Gasteiger partial charge in [0.05, 0.1) is 12.7 Å². The molecule has 7 heteroatoms. The summed E-state index contributed by atoms with van der Waals surface area (Å²) in [4.78, 5) is 36.3. The number of rotatable bonds is 5. The van der Waals surface area contributed by atoms with Crippen LogP contribution in [0.2, 0.25) is 0 Å². The Kier molecular flexibility index (Phi) is 6.44. The Balaban J connectivity index is 1.64. The lowest BCUT2D eigenvalue weighted by atomic mass is 10.1. The van der Waals surface area contributed by atoms with Gasteiger partial charge < -0.3 is 20.7 Å². The van der Waals surface area contributed by atoms with Gasteiger partial charge in [0.25, 0.3) is 5.91 Å². The summed E-state index contributed by atoms with van der Waals surface area (Å²) < 4.78 is 4.67. The number of aryl methyl sites for hydroxylation is 1. The van der Waals surface area contributed by atoms with Crippen molar-refractivity contribution in [1.82, 2.24) is 0 Å². The van der Waals surface area contributed by atoms with Crippen molar-refractivity contribution >= 4 is 35.0 Å². The smallest absolute Gasteiger partial charge is 0.337 e. The van der Waals surface area contributed by atoms with Crippen LogP contribution in [0.5, 0.6) is 0 Å². The molecule has 30 heavy (non-hydrogen) atoms. The van der Waals surface area contributed by atoms with Crippen molar-refractivity contribution in [1.29, 1.82) is 0 Å². The fourth-order valence-electron chi connectivity index (χ4n) is 2.80. The Morgan fingerprint density at radius 1 is 0.700 bits per heavy atom. The monoisotopic (exact) mass is 403 g/mol. The van der Waals surface area contributed by atoms with E-state index in [0.29, 0.717) is 28.2 Å². The number of nitrogens with one attached hydrogen (secondary N) is 3. The van der Waals surface area contributed by atoms with Crippen LogP contribution in [-0.4, -0.2) is 25.0 Å². The van der Waals surface area contributed by atoms with Gasteiger partial charge in [0.2, 0.25) is 0 Å². The van der Waals surface area contributed by atoms with Gasteiger partial charge in [-0.2, -0.15) is 0 Å². The lowest BCUT2D eigenvalue weighted by Crippen LogP contribution is -2.20. The molecule has 0 unspecified atom stereocenters. The highest BCUT2D eigenvalue weighted by atomic mass is 16.5. The number of methoxy groups -OCH3 is 1. The first-order valence-corrected chi connectivity index (χ1v) is 9.19. The second kappa shape index (κ2) is 9.38. The summed E-state index contributed by atoms with van der Waals surface area (Å²) in [6, 6.07) is 20.0. The molecule has 0 bridgehead atoms. The third-order valence-corrected chi connectivity index (χ3v) is 4.20. The number of hydrogen-bond acceptors (Lipinski definition) is 4. The van der Waals surface area contributed by atoms with Crippen molar-refractivity contribution in [3.05, 3.63) is 89.5 Å². The largest absolute Gasteiger partial charge is 0.465 e. The highest BCUT2D eigenvalue weighted by molar-refractivity contribution is 6.05. The fraction of sp³-hybridized carbons (Fsp3) is 0.0870. The Labute approximate surface area is 174 Å². The zero-order chi connectivity index (χ0) is 21.5. The summed E-state index contributed by atoms with van der Waals surface area (Å²) in [6.45, 7) is 1.92. The normalized spacial score (nSPS) is 10.1. The van der Waals surface area contributed by atoms with E-state index >= 15 is 0 Å². The average Bonchev–Trinajstić information content (AvgIpc) is 2.73. The maximum absolute atomic E-state index is 12.4. The number of hydrogen-bond donors (Lipinski definition) is 3. The molecule has 0 fully saturated rings. The van der Waals surface area contributed by atoms with Crippen LogP contribution in [0.4, 0.5) is 21.9 Å². The third kappa shape index (κ3) is 5.45. The SMILES string of the molecule is COC(=O)c1cccc(NC(=O)Nc2cccc(NC(=O)c3cccc(C)c3)c2)c1. The van der Waals surface area contributed by atoms with Gasteiger partial charge in [-0.3, -0.25) is 4.79 Å². The molecule has 0 aliphatic rings. The van der Waals surface area contributed by atoms with Gasteiger partial charge >= 0.3 is 12.0 Å². The summed E-state index contributed by atoms with van der Waals surface area (Å²) in [6.07, 6.45) is 0. The van der Waals surface area contributed by atoms with Crippen LogP contribution in [0.3, 0.4) is 0 Å². The summed E-state index contributed by atoms with van der Waals surface area (Å²) in [5, 5.41) is 8.17. The minimum absolute atomic E-state index is 0.236. The van der Waals surface area contributed by atoms with Crippen LogP contribution in [0.25, 0.3) is 0 Å². The summed E-state index contributed by atoms with van der Waals surface area (Å²) in [5.74, 6) is -0.726. The molecule has 7 nitrogen and oxygen atoms in total. The van der Waals surface area contributed by atoms with E-state index in [1.807, 2.05) is 19.1 Å². The van der Waals surface area contributed by atoms with E-state index in [0.717, 1.165) is 5.56 Å². The molecule has 0 spiro atoms. The minimum atomic E-state index is -0.490. The quantitative estimate of drug-likeness (QED) is 0.539. The topological polar surface area (TPSA) is 96.5 Å². The van der Waals surface area contributed by atoms with E-state index in [9.17, 15) is 14.4 Å². The number of carbonyl (C=O) groups excluding carboxylic acids is 3. The highest BCUT2D eigenvalue weighted by Gasteiger charge is 2.09. The van der Waals surface area contributed by atoms with E-state index in [2.05, 4.69) is 20.7 Å². The van der Waals surface area contributed by atoms with Gasteiger partial charge in [0.1, 0.15) is 0 Å². The molecular formula is C23H21N3O4. The van der Waals surface area contributed by atoms with Crippen LogP contribution in [0, 0.1) is 6.92 Å². The maximum atomic E-state index is 12.4. The van der Waals surface area contributed by atoms with E-state index < -0.39 is 12.0 Å². The highest BCUT2D eigenvalue weighted by Crippen LogP contribution is 2.18. The minimum Gasteiger partial charge on any atom is -0.465 e. The predicted octanol–water partition coefficient (Wildman–Crippen LogP) is 4.68. The molecular weight excluding hydrogens is 382 g/mol. The van der Waals surface area contributed by atoms with E-state index in [-0.39, 0.29) is 5.91 Å². The molecule has 0 aromatic heterocycles. The molecule has 3 aromatic rings. The maximum Gasteiger partial charge on any atom is 0.337 e. The molecule has 0 aliphatic carbocycles. The summed E-state index contributed by atoms with van der Waals surface area (Å²) in [7, 11) is 1.29. The van der Waals surface area contributed by atoms with Crippen LogP contribution < -0.4 is 16.0 Å². The molecule has 3 aromatic carbocycles. The number of amides is 3. The number of esters is 1. The first-order valence-electron chi connectivity index (χ1n) is 9.19. The molecule has 0 saturated carbocycles. The van der Waals surface area contributed by atoms with Crippen LogP contribution in [-0.2, 0) is 4.74 Å². The number of carbonyl (C=O) groups is 3. The van der Waals surface area contributed by atoms with E-state index in [1.165, 1.54) is 13.2 Å². The zero-order valence-electron chi connectivity index (χ0n) is 16.6. The van der Waals surface area contributed by atoms with Crippen LogP contribution in [0.15, 0.2) is 72.8 Å². The molecule has 0 atom stereocenters. The van der Waals surface area contributed by atoms with Gasteiger partial charge in [-0.15, -0.1) is 0 Å². The molecule has 3 rings (SSSR count). The zero-order valence-corrected chi connectivity index (χ0v) is 16.6. The van der Waals surface area contributed by atoms with Gasteiger partial charge in [-0.25, -0.2) is 9.59 Å². The standard InChI is InChI=1S/C23H21N3O4/c1-15-6-3-7-16(12-15)21(27)24-19-10-5-11-20(14-19)26-23(29)25-18-9-4-8-17(13-18)22(28)30-2/h3-14H,1-2H3,(H,24,27)(H2,25,26,29). The third-order valence-electron chi connectivity index (χ3n) is 4.20. The van der Waals surface area contributed by atoms with Crippen molar-refractivity contribution in [2.45, 2.75) is 6.92 Å². The van der Waals surface area contributed by atoms with Gasteiger partial charge in [-0.1, -0.05) is 29.8 Å². The Morgan fingerprint density at radius 3 is 1.93 bits per heavy atom. The molecule has 0 radical (unpaired) electrons. The Morgan fingerprint density at radius 2 is 1.27 bits per heavy atom. The molecule has 0 heterocycles. The first kappa shape index (κ1) is 20.6. The summed E-state index contributed by atoms with van der Waals surface area (Å²) in [5.41, 5.74) is 3.36. The van der Waals surface area contributed by atoms with Crippen LogP contribution in [0.1, 0.15) is 26.3 Å². The fourth-order valence-corrected chi connectivity index (χ4v) is 2.80. The van der Waals surface area contributed by atoms with Crippen molar-refractivity contribution in [3.63, 3.8) is 0 Å². The first-order chi connectivity index (χ1) is 14.4. The van der Waals surface area contributed by atoms with Gasteiger partial charge in [0.15, 0.2) is 0 Å². The van der Waals surface area contributed by atoms with Crippen molar-refractivity contribution < 1.29 is 19.1 Å². The lowest BCUT2D eigenvalue weighted by Gasteiger charge is -2.11. The summed E-state index contributed by atoms with van der Waals surface area (Å²) >= 11 is 0. The van der Waals surface area contributed by atoms with E-state index in [1.54, 1.807) is 54.6 Å². The van der Waals surface area contributed by atoms with Crippen LogP contribution >= 0.6 is 0 Å². The molecule has 0 aliphatic heterocycles. The molecule has 3 N–H and O–H groups in total. The number of urea groups is 1. The van der Waals surface area contributed by atoms with Crippen molar-refractivity contribution in [3.8, 4) is 0 Å². The lowest BCUT2D eigenvalue weighted by molar-refractivity contribution is 0.0600. The Bertz CT molecular complexity index is 1100. The predicted molar refractivity (Wildman–Crippen MR) is 116 cm³/mol. The van der Waals surface area contributed by atoms with Crippen molar-refractivity contribution in [2.75, 3.05) is 23.1 Å². The van der Waals surface area contributed by atoms with Gasteiger partial charge in [-0.05, 0) is 55.5 Å². The average molecular weight is 403 g/mol. The Hall–Kier alpha value is -4.13.